The predicted octanol–water partition coefficient (Wildman–Crippen LogP) is 17.4. The van der Waals surface area contributed by atoms with Crippen LogP contribution < -0.4 is 49.2 Å². The number of para-hydroxylation sites is 1. The van der Waals surface area contributed by atoms with E-state index in [4.69, 9.17) is 54.5 Å². The molecule has 0 bridgehead atoms. The molecule has 2 saturated carbocycles. The van der Waals surface area contributed by atoms with Crippen molar-refractivity contribution in [3.05, 3.63) is 181 Å². The zero-order valence-electron chi connectivity index (χ0n) is 86.5. The van der Waals surface area contributed by atoms with E-state index in [1.54, 1.807) is 59.6 Å². The average Bonchev–Trinajstić information content (AvgIpc) is 0.965. The molecule has 3 amide bonds. The predicted molar refractivity (Wildman–Crippen MR) is 578 cm³/mol. The second-order valence-corrected chi connectivity index (χ2v) is 42.2. The summed E-state index contributed by atoms with van der Waals surface area (Å²) in [5.74, 6) is 5.84. The van der Waals surface area contributed by atoms with Crippen molar-refractivity contribution in [1.29, 1.82) is 0 Å². The lowest BCUT2D eigenvalue weighted by atomic mass is 9.86. The molecule has 7 saturated heterocycles. The monoisotopic (exact) mass is 1980 g/mol. The SMILES string of the molecule is CCOC(=O)C(C)(C)Oc1ccc2cccnc2c1N1CCCN(Cc2ccn(-c3ccccc3)n2)CC1.COc1ccc2cccnc2c1N1CCCN(C(CC(N)=O)c2csc(N3CCN(C(C)C)CC3)n2)CC1.COc1ccc2cccnc2c1N1CCCN(CC2CCN(C(=O)C3CCCC3)CC2)CC1.COc1ccc2cccnc2c1N1CCCN(CC2CCN(C(=O)CC3CCCCC3)CC2)CC1. The Kier molecular flexibility index (Phi) is 36.4. The number of nitrogens with zero attached hydrogens (tertiary/aromatic N) is 19. The molecular weight excluding hydrogens is 1830 g/mol. The van der Waals surface area contributed by atoms with Crippen LogP contribution in [-0.2, 0) is 30.5 Å². The number of amides is 3. The number of piperidine rings is 2. The number of pyridine rings is 4. The number of piperazine rings is 1. The molecule has 1 unspecified atom stereocenters. The number of primary amides is 1. The van der Waals surface area contributed by atoms with Gasteiger partial charge in [0, 0.05) is 246 Å². The topological polar surface area (TPSA) is 262 Å². The first-order valence-corrected chi connectivity index (χ1v) is 54.5. The van der Waals surface area contributed by atoms with Crippen molar-refractivity contribution in [3.63, 3.8) is 0 Å². The van der Waals surface area contributed by atoms with Gasteiger partial charge in [0.2, 0.25) is 17.7 Å². The molecule has 9 aliphatic rings. The molecule has 11 aromatic rings. The lowest BCUT2D eigenvalue weighted by Crippen LogP contribution is -2.48. The van der Waals surface area contributed by atoms with E-state index >= 15 is 0 Å². The standard InChI is InChI=1S/C30H35N5O3.C29H42N4O2.C28H39N7O2S.C27H38N4O2/c1-4-37-29(36)30(2,3)38-26-14-13-23-10-8-16-31-27(23)28(26)34-18-9-17-33(20-21-34)22-24-15-19-35(32-24)25-11-6-5-7-12-25;1-35-26-11-10-25-9-5-14-30-28(25)29(26)33-16-6-15-31(19-20-33)22-24-12-17-32(18-13-24)27(34)21-23-7-3-2-4-8-23;1-20(2)32-12-16-35(17-13-32)28-31-22(19-38-28)23(18-25(29)36)33-10-5-11-34(15-14-33)27-24(37-3)8-7-21-6-4-9-30-26(21)27;1-33-24-10-9-22-8-4-13-28-25(22)26(24)30-15-5-14-29(18-19-30)20-21-11-16-31(17-12-21)27(32)23-6-2-3-7-23/h5-8,10-16,19H,4,9,17-18,20-22H2,1-3H3;5,9-11,14,23-24H,2-4,6-8,12-13,15-22H2,1H3;4,6-9,19-20,23H,5,10-18H2,1-3H3,(H2,29,36);4,8-10,13,21,23H,2-3,5-7,11-12,14-20H2,1H3. The number of nitrogens with two attached hydrogens (primary N) is 1. The Morgan fingerprint density at radius 1 is 0.438 bits per heavy atom. The van der Waals surface area contributed by atoms with Crippen LogP contribution in [0.25, 0.3) is 49.3 Å². The zero-order chi connectivity index (χ0) is 99.8. The van der Waals surface area contributed by atoms with Gasteiger partial charge in [0.25, 0.3) is 0 Å². The van der Waals surface area contributed by atoms with E-state index in [-0.39, 0.29) is 24.3 Å². The van der Waals surface area contributed by atoms with Crippen molar-refractivity contribution < 1.29 is 42.9 Å². The Hall–Kier alpha value is -11.5. The lowest BCUT2D eigenvalue weighted by molar-refractivity contribution is -0.158. The minimum atomic E-state index is -1.12. The maximum atomic E-state index is 12.8. The third-order valence-corrected chi connectivity index (χ3v) is 32.0. The Morgan fingerprint density at radius 3 is 1.37 bits per heavy atom. The van der Waals surface area contributed by atoms with Crippen LogP contribution >= 0.6 is 11.3 Å². The summed E-state index contributed by atoms with van der Waals surface area (Å²) in [5.41, 5.74) is 15.8. The van der Waals surface area contributed by atoms with Crippen molar-refractivity contribution in [2.45, 2.75) is 181 Å². The molecule has 770 valence electrons. The Balaban J connectivity index is 0.000000132. The summed E-state index contributed by atoms with van der Waals surface area (Å²) in [6.07, 6.45) is 30.5. The largest absolute Gasteiger partial charge is 0.494 e. The van der Waals surface area contributed by atoms with Crippen LogP contribution in [0.1, 0.15) is 174 Å². The minimum Gasteiger partial charge on any atom is -0.494 e. The van der Waals surface area contributed by atoms with Crippen LogP contribution in [0.3, 0.4) is 0 Å². The van der Waals surface area contributed by atoms with Crippen LogP contribution in [0.2, 0.25) is 0 Å². The quantitative estimate of drug-likeness (QED) is 0.0469. The number of hydrogen-bond donors (Lipinski definition) is 1. The third-order valence-electron chi connectivity index (χ3n) is 31.1. The number of benzene rings is 5. The summed E-state index contributed by atoms with van der Waals surface area (Å²) >= 11 is 1.68. The molecule has 29 nitrogen and oxygen atoms in total. The Labute approximate surface area is 856 Å². The molecule has 0 spiro atoms. The smallest absolute Gasteiger partial charge is 0.349 e. The van der Waals surface area contributed by atoms with Gasteiger partial charge in [-0.1, -0.05) is 74.6 Å². The normalized spacial score (nSPS) is 18.9. The van der Waals surface area contributed by atoms with Crippen LogP contribution in [0.15, 0.2) is 170 Å². The highest BCUT2D eigenvalue weighted by molar-refractivity contribution is 7.13. The Bertz CT molecular complexity index is 5990. The molecule has 13 heterocycles. The third kappa shape index (κ3) is 26.5. The van der Waals surface area contributed by atoms with E-state index in [1.165, 1.54) is 44.9 Å². The first-order chi connectivity index (χ1) is 70.3. The molecular formula is C114H154N20O9S. The van der Waals surface area contributed by atoms with E-state index < -0.39 is 5.60 Å². The molecule has 144 heavy (non-hydrogen) atoms. The number of carbonyl (C=O) groups excluding carboxylic acids is 4. The van der Waals surface area contributed by atoms with Gasteiger partial charge in [-0.15, -0.1) is 11.3 Å². The number of fused-ring (bicyclic) bond motifs is 4. The summed E-state index contributed by atoms with van der Waals surface area (Å²) < 4.78 is 30.8. The van der Waals surface area contributed by atoms with Crippen LogP contribution in [0, 0.1) is 23.7 Å². The van der Waals surface area contributed by atoms with Gasteiger partial charge < -0.3 is 73.5 Å². The van der Waals surface area contributed by atoms with Gasteiger partial charge in [-0.3, -0.25) is 49.0 Å². The second-order valence-electron chi connectivity index (χ2n) is 41.4. The van der Waals surface area contributed by atoms with Gasteiger partial charge in [0.1, 0.15) is 45.7 Å². The first-order valence-electron chi connectivity index (χ1n) is 53.6. The maximum absolute atomic E-state index is 12.8. The summed E-state index contributed by atoms with van der Waals surface area (Å²) in [6.45, 7) is 36.4. The fourth-order valence-corrected chi connectivity index (χ4v) is 24.0. The molecule has 2 aliphatic carbocycles. The van der Waals surface area contributed by atoms with Crippen LogP contribution in [-0.4, -0.2) is 302 Å². The number of esters is 1. The van der Waals surface area contributed by atoms with E-state index in [9.17, 15) is 19.2 Å². The van der Waals surface area contributed by atoms with E-state index in [0.717, 1.165) is 353 Å². The van der Waals surface area contributed by atoms with E-state index in [0.29, 0.717) is 53.9 Å². The van der Waals surface area contributed by atoms with Crippen molar-refractivity contribution in [3.8, 4) is 28.7 Å². The summed E-state index contributed by atoms with van der Waals surface area (Å²) in [6, 6.07) is 45.3. The molecule has 20 rings (SSSR count). The molecule has 5 aromatic carbocycles. The van der Waals surface area contributed by atoms with Gasteiger partial charge >= 0.3 is 5.97 Å². The number of carbonyl (C=O) groups is 4. The fourth-order valence-electron chi connectivity index (χ4n) is 23.1. The van der Waals surface area contributed by atoms with E-state index in [2.05, 4.69) is 156 Å². The highest BCUT2D eigenvalue weighted by Gasteiger charge is 2.38. The molecule has 7 aliphatic heterocycles. The van der Waals surface area contributed by atoms with Crippen LogP contribution in [0.4, 0.5) is 27.9 Å². The molecule has 30 heteroatoms. The summed E-state index contributed by atoms with van der Waals surface area (Å²) in [4.78, 5) is 103. The average molecular weight is 1980 g/mol. The van der Waals surface area contributed by atoms with Crippen molar-refractivity contribution in [1.82, 2.24) is 69.0 Å². The molecule has 9 fully saturated rings. The van der Waals surface area contributed by atoms with Gasteiger partial charge in [0.05, 0.1) is 73.1 Å². The number of rotatable bonds is 27. The number of anilines is 5. The van der Waals surface area contributed by atoms with E-state index in [1.807, 2.05) is 90.1 Å². The fraction of sp³-hybridized carbons (Fsp3) is 0.544. The number of thiazole rings is 1. The molecule has 6 aromatic heterocycles. The second kappa shape index (κ2) is 50.5. The zero-order valence-corrected chi connectivity index (χ0v) is 87.3. The number of hydrogen-bond acceptors (Lipinski definition) is 26. The Morgan fingerprint density at radius 2 is 0.882 bits per heavy atom. The van der Waals surface area contributed by atoms with Crippen molar-refractivity contribution in [2.75, 3.05) is 223 Å². The molecule has 1 atom stereocenters. The first kappa shape index (κ1) is 104. The summed E-state index contributed by atoms with van der Waals surface area (Å²) in [5, 5.41) is 12.4. The van der Waals surface area contributed by atoms with Gasteiger partial charge in [-0.25, -0.2) is 14.5 Å². The minimum absolute atomic E-state index is 0.123. The van der Waals surface area contributed by atoms with Crippen molar-refractivity contribution in [2.24, 2.45) is 29.4 Å². The number of ether oxygens (including phenoxy) is 5. The number of methoxy groups -OCH3 is 3. The van der Waals surface area contributed by atoms with Gasteiger partial charge in [-0.05, 0) is 234 Å². The van der Waals surface area contributed by atoms with Crippen molar-refractivity contribution >= 4 is 107 Å². The number of aromatic nitrogens is 7. The highest BCUT2D eigenvalue weighted by Crippen LogP contribution is 2.44. The number of likely N-dealkylation sites (tertiary alicyclic amines) is 2. The lowest BCUT2D eigenvalue weighted by Gasteiger charge is -2.36. The van der Waals surface area contributed by atoms with Crippen LogP contribution in [0.5, 0.6) is 23.0 Å². The van der Waals surface area contributed by atoms with Gasteiger partial charge in [-0.2, -0.15) is 5.10 Å². The van der Waals surface area contributed by atoms with Gasteiger partial charge in [0.15, 0.2) is 10.7 Å². The summed E-state index contributed by atoms with van der Waals surface area (Å²) in [7, 11) is 5.22. The maximum Gasteiger partial charge on any atom is 0.349 e. The molecule has 0 radical (unpaired) electrons. The highest BCUT2D eigenvalue weighted by atomic mass is 32.1. The molecule has 2 N–H and O–H groups in total.